The van der Waals surface area contributed by atoms with E-state index in [1.807, 2.05) is 6.07 Å². The van der Waals surface area contributed by atoms with Crippen molar-refractivity contribution in [3.63, 3.8) is 0 Å². The van der Waals surface area contributed by atoms with Gasteiger partial charge in [0.2, 0.25) is 0 Å². The van der Waals surface area contributed by atoms with E-state index in [4.69, 9.17) is 9.84 Å². The lowest BCUT2D eigenvalue weighted by Crippen LogP contribution is -2.49. The van der Waals surface area contributed by atoms with E-state index in [2.05, 4.69) is 29.2 Å². The number of carboxylic acids is 1. The molecule has 0 bridgehead atoms. The molecular formula is C17H23NO3. The largest absolute Gasteiger partial charge is 0.481 e. The van der Waals surface area contributed by atoms with Gasteiger partial charge in [-0.15, -0.1) is 0 Å². The Labute approximate surface area is 125 Å². The van der Waals surface area contributed by atoms with E-state index >= 15 is 0 Å². The molecule has 1 aromatic carbocycles. The molecule has 1 atom stereocenters. The molecule has 2 saturated heterocycles. The normalized spacial score (nSPS) is 25.0. The Morgan fingerprint density at radius 1 is 1.24 bits per heavy atom. The Hall–Kier alpha value is -1.55. The summed E-state index contributed by atoms with van der Waals surface area (Å²) in [6.07, 6.45) is 4.32. The molecule has 114 valence electrons. The monoisotopic (exact) mass is 289 g/mol. The molecular weight excluding hydrogens is 266 g/mol. The first-order valence-electron chi connectivity index (χ1n) is 7.83. The van der Waals surface area contributed by atoms with Crippen molar-refractivity contribution < 1.29 is 14.6 Å². The number of piperidine rings is 1. The summed E-state index contributed by atoms with van der Waals surface area (Å²) in [5.41, 5.74) is 1.28. The zero-order valence-corrected chi connectivity index (χ0v) is 12.3. The Bertz CT molecular complexity index is 470. The SMILES string of the molecule is O=C(O)CC1CCC2(CCN(c3ccccc3)CC2)OC1. The van der Waals surface area contributed by atoms with Gasteiger partial charge in [0.05, 0.1) is 18.6 Å². The number of carbonyl (C=O) groups is 1. The third-order valence-electron chi connectivity index (χ3n) is 4.89. The molecule has 1 spiro atoms. The van der Waals surface area contributed by atoms with Gasteiger partial charge in [-0.05, 0) is 43.7 Å². The summed E-state index contributed by atoms with van der Waals surface area (Å²) in [7, 11) is 0. The van der Waals surface area contributed by atoms with Crippen LogP contribution in [0.25, 0.3) is 0 Å². The summed E-state index contributed by atoms with van der Waals surface area (Å²) in [6.45, 7) is 2.65. The van der Waals surface area contributed by atoms with E-state index in [1.165, 1.54) is 5.69 Å². The van der Waals surface area contributed by atoms with Gasteiger partial charge in [-0.25, -0.2) is 0 Å². The summed E-state index contributed by atoms with van der Waals surface area (Å²) in [6, 6.07) is 10.5. The molecule has 3 rings (SSSR count). The summed E-state index contributed by atoms with van der Waals surface area (Å²) in [5.74, 6) is -0.515. The van der Waals surface area contributed by atoms with Gasteiger partial charge in [0.15, 0.2) is 0 Å². The second kappa shape index (κ2) is 6.06. The molecule has 1 unspecified atom stereocenters. The average molecular weight is 289 g/mol. The van der Waals surface area contributed by atoms with Crippen LogP contribution in [0.15, 0.2) is 30.3 Å². The van der Waals surface area contributed by atoms with E-state index in [-0.39, 0.29) is 17.9 Å². The number of rotatable bonds is 3. The minimum atomic E-state index is -0.710. The fraction of sp³-hybridized carbons (Fsp3) is 0.588. The van der Waals surface area contributed by atoms with Gasteiger partial charge in [0, 0.05) is 18.8 Å². The molecule has 0 saturated carbocycles. The highest BCUT2D eigenvalue weighted by molar-refractivity contribution is 5.67. The van der Waals surface area contributed by atoms with Gasteiger partial charge >= 0.3 is 5.97 Å². The van der Waals surface area contributed by atoms with Gasteiger partial charge in [0.25, 0.3) is 0 Å². The molecule has 4 nitrogen and oxygen atoms in total. The molecule has 0 amide bonds. The second-order valence-electron chi connectivity index (χ2n) is 6.32. The number of carboxylic acid groups (broad SMARTS) is 1. The van der Waals surface area contributed by atoms with Crippen molar-refractivity contribution in [1.82, 2.24) is 0 Å². The third kappa shape index (κ3) is 3.38. The molecule has 4 heteroatoms. The molecule has 0 aromatic heterocycles. The van der Waals surface area contributed by atoms with Gasteiger partial charge in [0.1, 0.15) is 0 Å². The van der Waals surface area contributed by atoms with E-state index in [0.717, 1.165) is 38.8 Å². The van der Waals surface area contributed by atoms with Crippen molar-refractivity contribution in [2.45, 2.75) is 37.7 Å². The topological polar surface area (TPSA) is 49.8 Å². The molecule has 2 aliphatic heterocycles. The predicted octanol–water partition coefficient (Wildman–Crippen LogP) is 2.93. The average Bonchev–Trinajstić information content (AvgIpc) is 2.51. The van der Waals surface area contributed by atoms with Crippen LogP contribution in [0, 0.1) is 5.92 Å². The number of para-hydroxylation sites is 1. The summed E-state index contributed by atoms with van der Waals surface area (Å²) >= 11 is 0. The standard InChI is InChI=1S/C17H23NO3/c19-16(20)12-14-6-7-17(21-13-14)8-10-18(11-9-17)15-4-2-1-3-5-15/h1-5,14H,6-13H2,(H,19,20). The van der Waals surface area contributed by atoms with Crippen LogP contribution in [0.2, 0.25) is 0 Å². The Morgan fingerprint density at radius 3 is 2.52 bits per heavy atom. The van der Waals surface area contributed by atoms with Crippen LogP contribution < -0.4 is 4.90 Å². The highest BCUT2D eigenvalue weighted by atomic mass is 16.5. The minimum absolute atomic E-state index is 0.000281. The van der Waals surface area contributed by atoms with Crippen LogP contribution in [-0.2, 0) is 9.53 Å². The van der Waals surface area contributed by atoms with Gasteiger partial charge in [-0.3, -0.25) is 4.79 Å². The van der Waals surface area contributed by atoms with E-state index in [0.29, 0.717) is 6.61 Å². The third-order valence-corrected chi connectivity index (χ3v) is 4.89. The lowest BCUT2D eigenvalue weighted by atomic mass is 9.81. The lowest BCUT2D eigenvalue weighted by molar-refractivity contribution is -0.145. The van der Waals surface area contributed by atoms with Crippen molar-refractivity contribution in [3.05, 3.63) is 30.3 Å². The van der Waals surface area contributed by atoms with Crippen molar-refractivity contribution in [2.24, 2.45) is 5.92 Å². The smallest absolute Gasteiger partial charge is 0.303 e. The number of hydrogen-bond acceptors (Lipinski definition) is 3. The molecule has 1 N–H and O–H groups in total. The van der Waals surface area contributed by atoms with Crippen LogP contribution in [0.1, 0.15) is 32.1 Å². The maximum atomic E-state index is 10.8. The minimum Gasteiger partial charge on any atom is -0.481 e. The van der Waals surface area contributed by atoms with Gasteiger partial charge in [-0.2, -0.15) is 0 Å². The van der Waals surface area contributed by atoms with Crippen LogP contribution in [0.4, 0.5) is 5.69 Å². The highest BCUT2D eigenvalue weighted by Gasteiger charge is 2.39. The first kappa shape index (κ1) is 14.4. The predicted molar refractivity (Wildman–Crippen MR) is 81.5 cm³/mol. The maximum absolute atomic E-state index is 10.8. The summed E-state index contributed by atoms with van der Waals surface area (Å²) in [5, 5.41) is 8.87. The van der Waals surface area contributed by atoms with Crippen molar-refractivity contribution >= 4 is 11.7 Å². The molecule has 2 fully saturated rings. The number of nitrogens with zero attached hydrogens (tertiary/aromatic N) is 1. The van der Waals surface area contributed by atoms with E-state index < -0.39 is 5.97 Å². The molecule has 21 heavy (non-hydrogen) atoms. The van der Waals surface area contributed by atoms with E-state index in [9.17, 15) is 4.79 Å². The first-order chi connectivity index (χ1) is 10.2. The summed E-state index contributed by atoms with van der Waals surface area (Å²) in [4.78, 5) is 13.2. The van der Waals surface area contributed by atoms with Crippen molar-refractivity contribution in [2.75, 3.05) is 24.6 Å². The van der Waals surface area contributed by atoms with Crippen LogP contribution >= 0.6 is 0 Å². The zero-order valence-electron chi connectivity index (χ0n) is 12.3. The number of anilines is 1. The van der Waals surface area contributed by atoms with Crippen molar-refractivity contribution in [1.29, 1.82) is 0 Å². The number of benzene rings is 1. The quantitative estimate of drug-likeness (QED) is 0.929. The molecule has 2 heterocycles. The first-order valence-corrected chi connectivity index (χ1v) is 7.83. The Morgan fingerprint density at radius 2 is 1.95 bits per heavy atom. The second-order valence-corrected chi connectivity index (χ2v) is 6.32. The van der Waals surface area contributed by atoms with Crippen LogP contribution in [-0.4, -0.2) is 36.4 Å². The summed E-state index contributed by atoms with van der Waals surface area (Å²) < 4.78 is 6.11. The van der Waals surface area contributed by atoms with Crippen LogP contribution in [0.3, 0.4) is 0 Å². The van der Waals surface area contributed by atoms with Gasteiger partial charge in [-0.1, -0.05) is 18.2 Å². The molecule has 1 aromatic rings. The highest BCUT2D eigenvalue weighted by Crippen LogP contribution is 2.38. The lowest BCUT2D eigenvalue weighted by Gasteiger charge is -2.46. The number of ether oxygens (including phenoxy) is 1. The zero-order chi connectivity index (χ0) is 14.7. The Balaban J connectivity index is 1.53. The number of hydrogen-bond donors (Lipinski definition) is 1. The van der Waals surface area contributed by atoms with E-state index in [1.54, 1.807) is 0 Å². The van der Waals surface area contributed by atoms with Gasteiger partial charge < -0.3 is 14.7 Å². The molecule has 2 aliphatic rings. The fourth-order valence-corrected chi connectivity index (χ4v) is 3.53. The fourth-order valence-electron chi connectivity index (χ4n) is 3.53. The maximum Gasteiger partial charge on any atom is 0.303 e. The number of aliphatic carboxylic acids is 1. The molecule has 0 radical (unpaired) electrons. The van der Waals surface area contributed by atoms with Crippen LogP contribution in [0.5, 0.6) is 0 Å². The molecule has 0 aliphatic carbocycles. The van der Waals surface area contributed by atoms with Crippen molar-refractivity contribution in [3.8, 4) is 0 Å². The Kier molecular flexibility index (Phi) is 4.15.